The van der Waals surface area contributed by atoms with Gasteiger partial charge >= 0.3 is 0 Å². The van der Waals surface area contributed by atoms with Crippen molar-refractivity contribution < 1.29 is 14.6 Å². The Hall–Kier alpha value is -0.870. The Morgan fingerprint density at radius 1 is 1.67 bits per heavy atom. The zero-order chi connectivity index (χ0) is 11.1. The maximum Gasteiger partial charge on any atom is 0.237 e. The highest BCUT2D eigenvalue weighted by Gasteiger charge is 2.20. The first-order valence-corrected chi connectivity index (χ1v) is 5.49. The highest BCUT2D eigenvalue weighted by molar-refractivity contribution is 5.78. The SMILES string of the molecule is CCOC(O)NC(=O)[C@@H]1CC=CCCC1. The quantitative estimate of drug-likeness (QED) is 0.544. The standard InChI is InChI=1S/C11H19NO3/c1-2-15-11(14)12-10(13)9-7-5-3-4-6-8-9/h3,5,9,11,14H,2,4,6-8H2,1H3,(H,12,13)/t9-,11?/m1/s1. The van der Waals surface area contributed by atoms with Crippen LogP contribution in [0.3, 0.4) is 0 Å². The maximum absolute atomic E-state index is 11.7. The van der Waals surface area contributed by atoms with Crippen molar-refractivity contribution in [3.63, 3.8) is 0 Å². The van der Waals surface area contributed by atoms with Crippen LogP contribution in [-0.2, 0) is 9.53 Å². The predicted molar refractivity (Wildman–Crippen MR) is 56.9 cm³/mol. The molecule has 0 spiro atoms. The summed E-state index contributed by atoms with van der Waals surface area (Å²) >= 11 is 0. The van der Waals surface area contributed by atoms with E-state index < -0.39 is 6.41 Å². The molecule has 1 unspecified atom stereocenters. The van der Waals surface area contributed by atoms with Gasteiger partial charge in [0.25, 0.3) is 0 Å². The number of carbonyl (C=O) groups is 1. The molecule has 0 aromatic heterocycles. The van der Waals surface area contributed by atoms with Crippen molar-refractivity contribution in [3.05, 3.63) is 12.2 Å². The van der Waals surface area contributed by atoms with E-state index >= 15 is 0 Å². The summed E-state index contributed by atoms with van der Waals surface area (Å²) in [7, 11) is 0. The van der Waals surface area contributed by atoms with Crippen LogP contribution in [0.4, 0.5) is 0 Å². The fourth-order valence-corrected chi connectivity index (χ4v) is 1.66. The van der Waals surface area contributed by atoms with Crippen molar-refractivity contribution in [2.45, 2.75) is 39.0 Å². The molecule has 2 atom stereocenters. The molecule has 4 heteroatoms. The van der Waals surface area contributed by atoms with Gasteiger partial charge in [-0.3, -0.25) is 4.79 Å². The summed E-state index contributed by atoms with van der Waals surface area (Å²) < 4.78 is 4.84. The largest absolute Gasteiger partial charge is 0.351 e. The molecule has 1 aliphatic carbocycles. The molecule has 2 N–H and O–H groups in total. The van der Waals surface area contributed by atoms with E-state index in [0.29, 0.717) is 6.61 Å². The third kappa shape index (κ3) is 4.44. The van der Waals surface area contributed by atoms with E-state index in [4.69, 9.17) is 4.74 Å². The van der Waals surface area contributed by atoms with Gasteiger partial charge in [0.1, 0.15) is 0 Å². The minimum Gasteiger partial charge on any atom is -0.351 e. The number of hydrogen-bond acceptors (Lipinski definition) is 3. The molecule has 0 radical (unpaired) electrons. The number of aliphatic hydroxyl groups is 1. The van der Waals surface area contributed by atoms with E-state index in [1.54, 1.807) is 6.92 Å². The summed E-state index contributed by atoms with van der Waals surface area (Å²) in [5.74, 6) is -0.152. The molecular weight excluding hydrogens is 194 g/mol. The molecule has 4 nitrogen and oxygen atoms in total. The molecule has 0 heterocycles. The van der Waals surface area contributed by atoms with Crippen molar-refractivity contribution in [1.29, 1.82) is 0 Å². The third-order valence-electron chi connectivity index (χ3n) is 2.47. The summed E-state index contributed by atoms with van der Waals surface area (Å²) in [6.07, 6.45) is 6.66. The van der Waals surface area contributed by atoms with E-state index in [1.807, 2.05) is 6.08 Å². The topological polar surface area (TPSA) is 58.6 Å². The normalized spacial score (nSPS) is 23.2. The van der Waals surface area contributed by atoms with E-state index in [9.17, 15) is 9.90 Å². The molecule has 0 fully saturated rings. The zero-order valence-electron chi connectivity index (χ0n) is 9.11. The van der Waals surface area contributed by atoms with Gasteiger partial charge in [-0.2, -0.15) is 0 Å². The lowest BCUT2D eigenvalue weighted by molar-refractivity contribution is -0.149. The maximum atomic E-state index is 11.7. The molecule has 1 rings (SSSR count). The summed E-state index contributed by atoms with van der Waals surface area (Å²) in [4.78, 5) is 11.7. The van der Waals surface area contributed by atoms with E-state index in [2.05, 4.69) is 11.4 Å². The van der Waals surface area contributed by atoms with Crippen molar-refractivity contribution >= 4 is 5.91 Å². The molecule has 0 aromatic rings. The van der Waals surface area contributed by atoms with Crippen molar-refractivity contribution in [3.8, 4) is 0 Å². The Bertz CT molecular complexity index is 228. The van der Waals surface area contributed by atoms with E-state index in [-0.39, 0.29) is 11.8 Å². The van der Waals surface area contributed by atoms with Crippen LogP contribution in [-0.4, -0.2) is 24.0 Å². The third-order valence-corrected chi connectivity index (χ3v) is 2.47. The molecule has 0 aliphatic heterocycles. The van der Waals surface area contributed by atoms with Crippen molar-refractivity contribution in [2.24, 2.45) is 5.92 Å². The van der Waals surface area contributed by atoms with Gasteiger partial charge in [-0.1, -0.05) is 12.2 Å². The fraction of sp³-hybridized carbons (Fsp3) is 0.727. The van der Waals surface area contributed by atoms with Crippen molar-refractivity contribution in [2.75, 3.05) is 6.61 Å². The van der Waals surface area contributed by atoms with E-state index in [1.165, 1.54) is 0 Å². The van der Waals surface area contributed by atoms with Crippen LogP contribution in [0.15, 0.2) is 12.2 Å². The van der Waals surface area contributed by atoms with Gasteiger partial charge in [0.05, 0.1) is 0 Å². The summed E-state index contributed by atoms with van der Waals surface area (Å²) in [5.41, 5.74) is 0. The van der Waals surface area contributed by atoms with Crippen LogP contribution < -0.4 is 5.32 Å². The number of hydrogen-bond donors (Lipinski definition) is 2. The number of ether oxygens (including phenoxy) is 1. The number of carbonyl (C=O) groups excluding carboxylic acids is 1. The first-order chi connectivity index (χ1) is 7.24. The smallest absolute Gasteiger partial charge is 0.237 e. The van der Waals surface area contributed by atoms with Crippen LogP contribution in [0.2, 0.25) is 0 Å². The lowest BCUT2D eigenvalue weighted by atomic mass is 10.0. The van der Waals surface area contributed by atoms with Crippen LogP contribution >= 0.6 is 0 Å². The lowest BCUT2D eigenvalue weighted by Crippen LogP contribution is -2.40. The molecule has 86 valence electrons. The molecule has 0 bridgehead atoms. The second-order valence-electron chi connectivity index (χ2n) is 3.65. The van der Waals surface area contributed by atoms with Gasteiger partial charge < -0.3 is 15.2 Å². The molecule has 0 saturated carbocycles. The van der Waals surface area contributed by atoms with Crippen LogP contribution in [0.1, 0.15) is 32.6 Å². The predicted octanol–water partition coefficient (Wildman–Crippen LogP) is 1.16. The average Bonchev–Trinajstić information content (AvgIpc) is 2.45. The number of allylic oxidation sites excluding steroid dienone is 2. The number of nitrogens with one attached hydrogen (secondary N) is 1. The molecule has 0 aromatic carbocycles. The van der Waals surface area contributed by atoms with Gasteiger partial charge in [0.15, 0.2) is 0 Å². The lowest BCUT2D eigenvalue weighted by Gasteiger charge is -2.17. The second kappa shape index (κ2) is 6.58. The fourth-order valence-electron chi connectivity index (χ4n) is 1.66. The Labute approximate surface area is 90.3 Å². The van der Waals surface area contributed by atoms with Crippen LogP contribution in [0.5, 0.6) is 0 Å². The van der Waals surface area contributed by atoms with Gasteiger partial charge in [-0.25, -0.2) is 0 Å². The Morgan fingerprint density at radius 3 is 3.20 bits per heavy atom. The van der Waals surface area contributed by atoms with Crippen molar-refractivity contribution in [1.82, 2.24) is 5.32 Å². The molecule has 0 saturated heterocycles. The molecule has 1 amide bonds. The molecule has 1 aliphatic rings. The average molecular weight is 213 g/mol. The zero-order valence-corrected chi connectivity index (χ0v) is 9.11. The highest BCUT2D eigenvalue weighted by Crippen LogP contribution is 2.18. The number of rotatable bonds is 4. The Balaban J connectivity index is 2.34. The molecule has 15 heavy (non-hydrogen) atoms. The Morgan fingerprint density at radius 2 is 2.47 bits per heavy atom. The van der Waals surface area contributed by atoms with Gasteiger partial charge in [-0.05, 0) is 32.6 Å². The number of aliphatic hydroxyl groups excluding tert-OH is 1. The van der Waals surface area contributed by atoms with Crippen LogP contribution in [0.25, 0.3) is 0 Å². The minimum atomic E-state index is -1.17. The van der Waals surface area contributed by atoms with Crippen LogP contribution in [0, 0.1) is 5.92 Å². The van der Waals surface area contributed by atoms with Gasteiger partial charge in [0, 0.05) is 12.5 Å². The van der Waals surface area contributed by atoms with Gasteiger partial charge in [-0.15, -0.1) is 0 Å². The summed E-state index contributed by atoms with van der Waals surface area (Å²) in [6, 6.07) is 0. The second-order valence-corrected chi connectivity index (χ2v) is 3.65. The number of amides is 1. The first-order valence-electron chi connectivity index (χ1n) is 5.49. The first kappa shape index (κ1) is 12.2. The summed E-state index contributed by atoms with van der Waals surface area (Å²) in [6.45, 7) is 2.15. The monoisotopic (exact) mass is 213 g/mol. The summed E-state index contributed by atoms with van der Waals surface area (Å²) in [5, 5.41) is 11.7. The highest BCUT2D eigenvalue weighted by atomic mass is 16.6. The molecular formula is C11H19NO3. The Kier molecular flexibility index (Phi) is 5.36. The minimum absolute atomic E-state index is 0.0288. The van der Waals surface area contributed by atoms with E-state index in [0.717, 1.165) is 25.7 Å². The van der Waals surface area contributed by atoms with Gasteiger partial charge in [0.2, 0.25) is 12.3 Å².